The SMILES string of the molecule is CCOc1c(Cl)cc(C(=O)NCc2cc(OC)cc(OC)c2)cc1OC. The highest BCUT2D eigenvalue weighted by Gasteiger charge is 2.16. The Morgan fingerprint density at radius 2 is 1.65 bits per heavy atom. The quantitative estimate of drug-likeness (QED) is 0.757. The molecule has 0 aromatic heterocycles. The highest BCUT2D eigenvalue weighted by molar-refractivity contribution is 6.32. The van der Waals surface area contributed by atoms with Gasteiger partial charge in [0, 0.05) is 18.2 Å². The number of hydrogen-bond donors (Lipinski definition) is 1. The van der Waals surface area contributed by atoms with Crippen molar-refractivity contribution in [1.29, 1.82) is 0 Å². The molecule has 0 spiro atoms. The second-order valence-corrected chi connectivity index (χ2v) is 5.73. The van der Waals surface area contributed by atoms with Gasteiger partial charge in [0.25, 0.3) is 5.91 Å². The molecule has 7 heteroatoms. The summed E-state index contributed by atoms with van der Waals surface area (Å²) in [5, 5.41) is 3.16. The molecule has 0 saturated heterocycles. The van der Waals surface area contributed by atoms with E-state index in [-0.39, 0.29) is 5.91 Å². The first kappa shape index (κ1) is 19.7. The lowest BCUT2D eigenvalue weighted by atomic mass is 10.1. The zero-order valence-electron chi connectivity index (χ0n) is 15.2. The van der Waals surface area contributed by atoms with Gasteiger partial charge in [0.2, 0.25) is 0 Å². The van der Waals surface area contributed by atoms with Crippen molar-refractivity contribution in [2.45, 2.75) is 13.5 Å². The van der Waals surface area contributed by atoms with Crippen LogP contribution in [0.15, 0.2) is 30.3 Å². The van der Waals surface area contributed by atoms with Gasteiger partial charge in [0.05, 0.1) is 33.0 Å². The number of halogens is 1. The maximum Gasteiger partial charge on any atom is 0.251 e. The van der Waals surface area contributed by atoms with Crippen LogP contribution in [0.5, 0.6) is 23.0 Å². The number of rotatable bonds is 8. The molecule has 2 rings (SSSR count). The summed E-state index contributed by atoms with van der Waals surface area (Å²) in [6, 6.07) is 8.57. The molecule has 0 saturated carbocycles. The third kappa shape index (κ3) is 4.73. The lowest BCUT2D eigenvalue weighted by Gasteiger charge is -2.13. The van der Waals surface area contributed by atoms with Crippen molar-refractivity contribution < 1.29 is 23.7 Å². The molecule has 1 amide bonds. The fourth-order valence-electron chi connectivity index (χ4n) is 2.39. The fraction of sp³-hybridized carbons (Fsp3) is 0.316. The molecule has 0 unspecified atom stereocenters. The zero-order chi connectivity index (χ0) is 19.1. The summed E-state index contributed by atoms with van der Waals surface area (Å²) in [5.74, 6) is 1.85. The van der Waals surface area contributed by atoms with Crippen molar-refractivity contribution in [3.05, 3.63) is 46.5 Å². The molecule has 0 aliphatic heterocycles. The summed E-state index contributed by atoms with van der Waals surface area (Å²) >= 11 is 6.21. The first-order valence-corrected chi connectivity index (χ1v) is 8.40. The summed E-state index contributed by atoms with van der Waals surface area (Å²) in [6.45, 7) is 2.59. The first-order chi connectivity index (χ1) is 12.5. The van der Waals surface area contributed by atoms with Gasteiger partial charge in [-0.25, -0.2) is 0 Å². The summed E-state index contributed by atoms with van der Waals surface area (Å²) in [5.41, 5.74) is 1.23. The number of hydrogen-bond acceptors (Lipinski definition) is 5. The lowest BCUT2D eigenvalue weighted by molar-refractivity contribution is 0.0950. The Balaban J connectivity index is 2.16. The fourth-order valence-corrected chi connectivity index (χ4v) is 2.65. The molecule has 0 bridgehead atoms. The van der Waals surface area contributed by atoms with E-state index in [1.807, 2.05) is 19.1 Å². The first-order valence-electron chi connectivity index (χ1n) is 8.02. The van der Waals surface area contributed by atoms with E-state index < -0.39 is 0 Å². The number of carbonyl (C=O) groups excluding carboxylic acids is 1. The van der Waals surface area contributed by atoms with Crippen LogP contribution in [0.1, 0.15) is 22.8 Å². The monoisotopic (exact) mass is 379 g/mol. The summed E-state index contributed by atoms with van der Waals surface area (Å²) in [7, 11) is 4.65. The van der Waals surface area contributed by atoms with Crippen LogP contribution in [0, 0.1) is 0 Å². The molecular weight excluding hydrogens is 358 g/mol. The molecule has 26 heavy (non-hydrogen) atoms. The smallest absolute Gasteiger partial charge is 0.251 e. The van der Waals surface area contributed by atoms with Gasteiger partial charge in [-0.3, -0.25) is 4.79 Å². The standard InChI is InChI=1S/C19H22ClNO5/c1-5-26-18-16(20)8-13(9-17(18)25-4)19(22)21-11-12-6-14(23-2)10-15(7-12)24-3/h6-10H,5,11H2,1-4H3,(H,21,22). The second kappa shape index (κ2) is 9.20. The Hall–Kier alpha value is -2.60. The Kier molecular flexibility index (Phi) is 6.97. The normalized spacial score (nSPS) is 10.2. The van der Waals surface area contributed by atoms with Crippen molar-refractivity contribution in [1.82, 2.24) is 5.32 Å². The molecule has 140 valence electrons. The van der Waals surface area contributed by atoms with Crippen LogP contribution in [0.2, 0.25) is 5.02 Å². The maximum atomic E-state index is 12.5. The van der Waals surface area contributed by atoms with Crippen LogP contribution in [0.25, 0.3) is 0 Å². The zero-order valence-corrected chi connectivity index (χ0v) is 16.0. The highest BCUT2D eigenvalue weighted by atomic mass is 35.5. The van der Waals surface area contributed by atoms with Gasteiger partial charge < -0.3 is 24.3 Å². The number of ether oxygens (including phenoxy) is 4. The van der Waals surface area contributed by atoms with E-state index >= 15 is 0 Å². The number of nitrogens with one attached hydrogen (secondary N) is 1. The van der Waals surface area contributed by atoms with E-state index in [9.17, 15) is 4.79 Å². The van der Waals surface area contributed by atoms with Crippen LogP contribution >= 0.6 is 11.6 Å². The molecule has 1 N–H and O–H groups in total. The van der Waals surface area contributed by atoms with E-state index in [0.717, 1.165) is 5.56 Å². The maximum absolute atomic E-state index is 12.5. The van der Waals surface area contributed by atoms with Crippen LogP contribution in [-0.4, -0.2) is 33.8 Å². The predicted octanol–water partition coefficient (Wildman–Crippen LogP) is 3.69. The van der Waals surface area contributed by atoms with Crippen LogP contribution in [-0.2, 0) is 6.54 Å². The Morgan fingerprint density at radius 3 is 2.19 bits per heavy atom. The van der Waals surface area contributed by atoms with Gasteiger partial charge in [-0.05, 0) is 36.8 Å². The van der Waals surface area contributed by atoms with E-state index in [2.05, 4.69) is 5.32 Å². The number of benzene rings is 2. The van der Waals surface area contributed by atoms with Crippen LogP contribution in [0.3, 0.4) is 0 Å². The third-order valence-corrected chi connectivity index (χ3v) is 3.93. The van der Waals surface area contributed by atoms with E-state index in [0.29, 0.717) is 46.7 Å². The number of methoxy groups -OCH3 is 3. The topological polar surface area (TPSA) is 66.0 Å². The van der Waals surface area contributed by atoms with Crippen molar-refractivity contribution in [2.75, 3.05) is 27.9 Å². The molecule has 2 aromatic rings. The van der Waals surface area contributed by atoms with Gasteiger partial charge in [0.1, 0.15) is 11.5 Å². The molecule has 0 atom stereocenters. The van der Waals surface area contributed by atoms with Gasteiger partial charge >= 0.3 is 0 Å². The molecule has 2 aromatic carbocycles. The third-order valence-electron chi connectivity index (χ3n) is 3.64. The Morgan fingerprint density at radius 1 is 1.00 bits per heavy atom. The molecule has 0 fully saturated rings. The van der Waals surface area contributed by atoms with E-state index in [1.165, 1.54) is 7.11 Å². The van der Waals surface area contributed by atoms with Crippen molar-refractivity contribution in [3.8, 4) is 23.0 Å². The minimum atomic E-state index is -0.282. The van der Waals surface area contributed by atoms with Crippen molar-refractivity contribution in [3.63, 3.8) is 0 Å². The minimum absolute atomic E-state index is 0.282. The van der Waals surface area contributed by atoms with Gasteiger partial charge in [-0.2, -0.15) is 0 Å². The van der Waals surface area contributed by atoms with Gasteiger partial charge in [-0.15, -0.1) is 0 Å². The average Bonchev–Trinajstić information content (AvgIpc) is 2.67. The molecule has 0 aliphatic rings. The van der Waals surface area contributed by atoms with E-state index in [4.69, 9.17) is 30.5 Å². The average molecular weight is 380 g/mol. The largest absolute Gasteiger partial charge is 0.497 e. The lowest BCUT2D eigenvalue weighted by Crippen LogP contribution is -2.23. The van der Waals surface area contributed by atoms with Gasteiger partial charge in [0.15, 0.2) is 11.5 Å². The van der Waals surface area contributed by atoms with E-state index in [1.54, 1.807) is 32.4 Å². The van der Waals surface area contributed by atoms with Crippen LogP contribution < -0.4 is 24.3 Å². The minimum Gasteiger partial charge on any atom is -0.497 e. The number of carbonyl (C=O) groups is 1. The van der Waals surface area contributed by atoms with Crippen molar-refractivity contribution in [2.24, 2.45) is 0 Å². The van der Waals surface area contributed by atoms with Gasteiger partial charge in [-0.1, -0.05) is 11.6 Å². The second-order valence-electron chi connectivity index (χ2n) is 5.33. The summed E-state index contributed by atoms with van der Waals surface area (Å²) in [4.78, 5) is 12.5. The number of amides is 1. The molecular formula is C19H22ClNO5. The predicted molar refractivity (Wildman–Crippen MR) is 99.9 cm³/mol. The molecule has 0 heterocycles. The summed E-state index contributed by atoms with van der Waals surface area (Å²) < 4.78 is 21.2. The Bertz CT molecular complexity index is 757. The molecule has 0 aliphatic carbocycles. The van der Waals surface area contributed by atoms with Crippen LogP contribution in [0.4, 0.5) is 0 Å². The Labute approximate surface area is 158 Å². The van der Waals surface area contributed by atoms with Crippen molar-refractivity contribution >= 4 is 17.5 Å². The molecule has 0 radical (unpaired) electrons. The summed E-state index contributed by atoms with van der Waals surface area (Å²) in [6.07, 6.45) is 0. The molecule has 6 nitrogen and oxygen atoms in total. The highest BCUT2D eigenvalue weighted by Crippen LogP contribution is 2.36.